The molecule has 2 fully saturated rings. The van der Waals surface area contributed by atoms with Gasteiger partial charge in [-0.2, -0.15) is 0 Å². The van der Waals surface area contributed by atoms with Gasteiger partial charge in [0.25, 0.3) is 0 Å². The van der Waals surface area contributed by atoms with Gasteiger partial charge in [0.05, 0.1) is 17.1 Å². The number of rotatable bonds is 2. The van der Waals surface area contributed by atoms with Crippen LogP contribution in [-0.4, -0.2) is 37.2 Å². The molecular weight excluding hydrogens is 226 g/mol. The van der Waals surface area contributed by atoms with Gasteiger partial charge in [-0.05, 0) is 50.5 Å². The molecule has 0 aromatic rings. The molecule has 0 radical (unpaired) electrons. The average molecular weight is 247 g/mol. The largest absolute Gasteiger partial charge is 0.390 e. The molecule has 1 aliphatic carbocycles. The SMILES string of the molecule is CC1(O)CC(CN)(C2CCS(=O)(=O)CC2)C1. The first-order valence-corrected chi connectivity index (χ1v) is 7.74. The van der Waals surface area contributed by atoms with E-state index in [2.05, 4.69) is 0 Å². The Bertz CT molecular complexity index is 353. The molecule has 0 spiro atoms. The highest BCUT2D eigenvalue weighted by atomic mass is 32.2. The normalized spacial score (nSPS) is 43.9. The first-order chi connectivity index (χ1) is 7.29. The van der Waals surface area contributed by atoms with Gasteiger partial charge < -0.3 is 10.8 Å². The predicted molar refractivity (Wildman–Crippen MR) is 62.7 cm³/mol. The molecule has 1 saturated heterocycles. The monoisotopic (exact) mass is 247 g/mol. The summed E-state index contributed by atoms with van der Waals surface area (Å²) in [6, 6.07) is 0. The standard InChI is InChI=1S/C11H21NO3S/c1-10(13)6-11(7-10,8-12)9-2-4-16(14,15)5-3-9/h9,13H,2-8,12H2,1H3. The Kier molecular flexibility index (Phi) is 2.84. The van der Waals surface area contributed by atoms with E-state index in [1.165, 1.54) is 0 Å². The quantitative estimate of drug-likeness (QED) is 0.735. The van der Waals surface area contributed by atoms with Crippen LogP contribution >= 0.6 is 0 Å². The third-order valence-electron chi connectivity index (χ3n) is 4.29. The fourth-order valence-corrected chi connectivity index (χ4v) is 5.06. The van der Waals surface area contributed by atoms with Crippen molar-refractivity contribution in [2.75, 3.05) is 18.1 Å². The van der Waals surface area contributed by atoms with Crippen LogP contribution in [0.2, 0.25) is 0 Å². The summed E-state index contributed by atoms with van der Waals surface area (Å²) in [6.45, 7) is 2.40. The van der Waals surface area contributed by atoms with Crippen LogP contribution in [0.15, 0.2) is 0 Å². The van der Waals surface area contributed by atoms with Crippen LogP contribution in [0.25, 0.3) is 0 Å². The van der Waals surface area contributed by atoms with Gasteiger partial charge in [0.15, 0.2) is 0 Å². The van der Waals surface area contributed by atoms with Crippen molar-refractivity contribution in [3.63, 3.8) is 0 Å². The summed E-state index contributed by atoms with van der Waals surface area (Å²) in [6.07, 6.45) is 2.88. The maximum Gasteiger partial charge on any atom is 0.150 e. The summed E-state index contributed by atoms with van der Waals surface area (Å²) < 4.78 is 22.7. The molecule has 1 heterocycles. The molecule has 5 heteroatoms. The molecule has 1 saturated carbocycles. The highest BCUT2D eigenvalue weighted by molar-refractivity contribution is 7.91. The maximum atomic E-state index is 11.4. The molecular formula is C11H21NO3S. The Morgan fingerprint density at radius 3 is 2.19 bits per heavy atom. The van der Waals surface area contributed by atoms with Gasteiger partial charge >= 0.3 is 0 Å². The van der Waals surface area contributed by atoms with Gasteiger partial charge in [-0.1, -0.05) is 0 Å². The smallest absolute Gasteiger partial charge is 0.150 e. The van der Waals surface area contributed by atoms with Crippen LogP contribution in [0, 0.1) is 11.3 Å². The van der Waals surface area contributed by atoms with Gasteiger partial charge in [-0.15, -0.1) is 0 Å². The molecule has 0 amide bonds. The zero-order chi connectivity index (χ0) is 12.0. The summed E-state index contributed by atoms with van der Waals surface area (Å²) in [5, 5.41) is 9.84. The van der Waals surface area contributed by atoms with E-state index in [0.717, 1.165) is 25.7 Å². The minimum absolute atomic E-state index is 0.000556. The lowest BCUT2D eigenvalue weighted by atomic mass is 9.53. The minimum Gasteiger partial charge on any atom is -0.390 e. The molecule has 0 bridgehead atoms. The van der Waals surface area contributed by atoms with Crippen LogP contribution in [0.5, 0.6) is 0 Å². The Morgan fingerprint density at radius 1 is 1.31 bits per heavy atom. The molecule has 0 atom stereocenters. The van der Waals surface area contributed by atoms with Crippen LogP contribution in [0.3, 0.4) is 0 Å². The second kappa shape index (κ2) is 3.68. The molecule has 1 aliphatic heterocycles. The average Bonchev–Trinajstić information content (AvgIpc) is 2.13. The maximum absolute atomic E-state index is 11.4. The van der Waals surface area contributed by atoms with Crippen molar-refractivity contribution in [1.82, 2.24) is 0 Å². The highest BCUT2D eigenvalue weighted by Gasteiger charge is 2.54. The molecule has 16 heavy (non-hydrogen) atoms. The lowest BCUT2D eigenvalue weighted by molar-refractivity contribution is -0.138. The first kappa shape index (κ1) is 12.3. The summed E-state index contributed by atoms with van der Waals surface area (Å²) >= 11 is 0. The van der Waals surface area contributed by atoms with E-state index in [4.69, 9.17) is 5.73 Å². The lowest BCUT2D eigenvalue weighted by Gasteiger charge is -2.56. The number of aliphatic hydroxyl groups is 1. The van der Waals surface area contributed by atoms with E-state index < -0.39 is 15.4 Å². The van der Waals surface area contributed by atoms with E-state index >= 15 is 0 Å². The second-order valence-electron chi connectivity index (χ2n) is 5.84. The van der Waals surface area contributed by atoms with Gasteiger partial charge in [0, 0.05) is 0 Å². The zero-order valence-electron chi connectivity index (χ0n) is 9.78. The molecule has 2 rings (SSSR count). The summed E-state index contributed by atoms with van der Waals surface area (Å²) in [5.74, 6) is 0.963. The molecule has 3 N–H and O–H groups in total. The fraction of sp³-hybridized carbons (Fsp3) is 1.00. The number of nitrogens with two attached hydrogens (primary N) is 1. The van der Waals surface area contributed by atoms with E-state index in [9.17, 15) is 13.5 Å². The van der Waals surface area contributed by atoms with Gasteiger partial charge in [0.2, 0.25) is 0 Å². The van der Waals surface area contributed by atoms with E-state index in [1.54, 1.807) is 0 Å². The number of hydrogen-bond donors (Lipinski definition) is 2. The van der Waals surface area contributed by atoms with E-state index in [1.807, 2.05) is 6.92 Å². The van der Waals surface area contributed by atoms with E-state index in [-0.39, 0.29) is 5.41 Å². The van der Waals surface area contributed by atoms with Gasteiger partial charge in [-0.3, -0.25) is 0 Å². The highest BCUT2D eigenvalue weighted by Crippen LogP contribution is 2.55. The van der Waals surface area contributed by atoms with Crippen LogP contribution in [0.1, 0.15) is 32.6 Å². The van der Waals surface area contributed by atoms with Gasteiger partial charge in [0.1, 0.15) is 9.84 Å². The molecule has 0 aromatic heterocycles. The molecule has 2 aliphatic rings. The predicted octanol–water partition coefficient (Wildman–Crippen LogP) is 0.301. The van der Waals surface area contributed by atoms with Crippen molar-refractivity contribution in [2.45, 2.75) is 38.2 Å². The van der Waals surface area contributed by atoms with Crippen LogP contribution in [0.4, 0.5) is 0 Å². The third-order valence-corrected chi connectivity index (χ3v) is 6.01. The summed E-state index contributed by atoms with van der Waals surface area (Å²) in [7, 11) is -2.80. The van der Waals surface area contributed by atoms with Crippen molar-refractivity contribution >= 4 is 9.84 Å². The second-order valence-corrected chi connectivity index (χ2v) is 8.15. The van der Waals surface area contributed by atoms with Crippen molar-refractivity contribution in [1.29, 1.82) is 0 Å². The zero-order valence-corrected chi connectivity index (χ0v) is 10.6. The molecule has 0 unspecified atom stereocenters. The van der Waals surface area contributed by atoms with Crippen LogP contribution in [-0.2, 0) is 9.84 Å². The molecule has 4 nitrogen and oxygen atoms in total. The number of sulfone groups is 1. The van der Waals surface area contributed by atoms with Gasteiger partial charge in [-0.25, -0.2) is 8.42 Å². The Balaban J connectivity index is 2.03. The summed E-state index contributed by atoms with van der Waals surface area (Å²) in [5.41, 5.74) is 5.24. The Labute approximate surface area is 97.1 Å². The lowest BCUT2D eigenvalue weighted by Crippen LogP contribution is -2.58. The number of hydrogen-bond acceptors (Lipinski definition) is 4. The molecule has 94 valence electrons. The van der Waals surface area contributed by atoms with Crippen molar-refractivity contribution in [3.05, 3.63) is 0 Å². The van der Waals surface area contributed by atoms with Crippen molar-refractivity contribution < 1.29 is 13.5 Å². The minimum atomic E-state index is -2.80. The molecule has 0 aromatic carbocycles. The van der Waals surface area contributed by atoms with Crippen LogP contribution < -0.4 is 5.73 Å². The topological polar surface area (TPSA) is 80.4 Å². The third kappa shape index (κ3) is 2.13. The fourth-order valence-electron chi connectivity index (χ4n) is 3.57. The summed E-state index contributed by atoms with van der Waals surface area (Å²) in [4.78, 5) is 0. The Morgan fingerprint density at radius 2 is 1.81 bits per heavy atom. The first-order valence-electron chi connectivity index (χ1n) is 5.92. The van der Waals surface area contributed by atoms with Crippen molar-refractivity contribution in [3.8, 4) is 0 Å². The Hall–Kier alpha value is -0.130. The van der Waals surface area contributed by atoms with Crippen molar-refractivity contribution in [2.24, 2.45) is 17.1 Å². The van der Waals surface area contributed by atoms with E-state index in [0.29, 0.717) is 24.0 Å².